The topological polar surface area (TPSA) is 62.6 Å². The molecule has 0 amide bonds. The van der Waals surface area contributed by atoms with Gasteiger partial charge in [-0.3, -0.25) is 4.98 Å². The molecule has 1 aromatic heterocycles. The van der Waals surface area contributed by atoms with Crippen molar-refractivity contribution in [3.63, 3.8) is 0 Å². The minimum Gasteiger partial charge on any atom is -0.535 e. The summed E-state index contributed by atoms with van der Waals surface area (Å²) in [5.41, 5.74) is 2.66. The van der Waals surface area contributed by atoms with Gasteiger partial charge in [-0.25, -0.2) is 0 Å². The van der Waals surface area contributed by atoms with E-state index in [0.717, 1.165) is 22.0 Å². The van der Waals surface area contributed by atoms with Gasteiger partial charge in [-0.05, 0) is 23.8 Å². The van der Waals surface area contributed by atoms with Crippen LogP contribution in [0.3, 0.4) is 0 Å². The van der Waals surface area contributed by atoms with Gasteiger partial charge in [0.2, 0.25) is 0 Å². The van der Waals surface area contributed by atoms with Crippen LogP contribution in [0.5, 0.6) is 11.5 Å². The van der Waals surface area contributed by atoms with Crippen molar-refractivity contribution in [3.05, 3.63) is 54.7 Å². The molecular weight excluding hydrogens is 253 g/mol. The number of aromatic hydroxyl groups is 1. The Morgan fingerprint density at radius 1 is 1.05 bits per heavy atom. The summed E-state index contributed by atoms with van der Waals surface area (Å²) in [6.07, 6.45) is 1.74. The molecule has 0 aliphatic rings. The van der Waals surface area contributed by atoms with Crippen LogP contribution in [0, 0.1) is 0 Å². The minimum absolute atomic E-state index is 0.0350. The van der Waals surface area contributed by atoms with Gasteiger partial charge in [0, 0.05) is 17.1 Å². The first-order valence-corrected chi connectivity index (χ1v) is 6.09. The second-order valence-electron chi connectivity index (χ2n) is 4.29. The van der Waals surface area contributed by atoms with Crippen molar-refractivity contribution in [2.75, 3.05) is 0 Å². The molecule has 4 nitrogen and oxygen atoms in total. The SMILES string of the molecule is O[B]Oc1cc(-c2cccc3cccnc23)ccc1O. The summed E-state index contributed by atoms with van der Waals surface area (Å²) in [4.78, 5) is 4.40. The van der Waals surface area contributed by atoms with Crippen molar-refractivity contribution in [2.24, 2.45) is 0 Å². The molecule has 5 heteroatoms. The van der Waals surface area contributed by atoms with E-state index in [2.05, 4.69) is 4.98 Å². The quantitative estimate of drug-likeness (QED) is 0.713. The number of para-hydroxylation sites is 1. The largest absolute Gasteiger partial charge is 0.569 e. The van der Waals surface area contributed by atoms with Gasteiger partial charge in [-0.2, -0.15) is 0 Å². The minimum atomic E-state index is -0.0350. The molecule has 1 radical (unpaired) electrons. The fourth-order valence-electron chi connectivity index (χ4n) is 2.17. The lowest BCUT2D eigenvalue weighted by Gasteiger charge is -2.09. The Morgan fingerprint density at radius 3 is 2.75 bits per heavy atom. The Balaban J connectivity index is 2.18. The molecule has 2 aromatic carbocycles. The first-order valence-electron chi connectivity index (χ1n) is 6.09. The monoisotopic (exact) mass is 264 g/mol. The Morgan fingerprint density at radius 2 is 1.90 bits per heavy atom. The van der Waals surface area contributed by atoms with Crippen LogP contribution in [0.15, 0.2) is 54.7 Å². The van der Waals surface area contributed by atoms with Crippen molar-refractivity contribution in [1.29, 1.82) is 0 Å². The third kappa shape index (κ3) is 2.19. The summed E-state index contributed by atoms with van der Waals surface area (Å²) in [6.45, 7) is 0. The lowest BCUT2D eigenvalue weighted by atomic mass is 10.0. The number of fused-ring (bicyclic) bond motifs is 1. The smallest absolute Gasteiger partial charge is 0.535 e. The van der Waals surface area contributed by atoms with Gasteiger partial charge in [0.05, 0.1) is 5.52 Å². The van der Waals surface area contributed by atoms with E-state index in [9.17, 15) is 5.11 Å². The van der Waals surface area contributed by atoms with Crippen molar-refractivity contribution in [1.82, 2.24) is 4.98 Å². The van der Waals surface area contributed by atoms with Crippen LogP contribution >= 0.6 is 0 Å². The molecule has 0 saturated carbocycles. The number of hydrogen-bond donors (Lipinski definition) is 2. The van der Waals surface area contributed by atoms with Crippen molar-refractivity contribution in [3.8, 4) is 22.6 Å². The molecule has 20 heavy (non-hydrogen) atoms. The Hall–Kier alpha value is -2.53. The number of hydrogen-bond acceptors (Lipinski definition) is 4. The Labute approximate surface area is 116 Å². The van der Waals surface area contributed by atoms with Gasteiger partial charge >= 0.3 is 7.69 Å². The number of nitrogens with zero attached hydrogens (tertiary/aromatic N) is 1. The maximum Gasteiger partial charge on any atom is 0.569 e. The van der Waals surface area contributed by atoms with Crippen LogP contribution in [-0.2, 0) is 0 Å². The highest BCUT2D eigenvalue weighted by Gasteiger charge is 2.09. The van der Waals surface area contributed by atoms with E-state index in [4.69, 9.17) is 9.68 Å². The van der Waals surface area contributed by atoms with Crippen LogP contribution in [0.4, 0.5) is 0 Å². The zero-order valence-corrected chi connectivity index (χ0v) is 10.5. The van der Waals surface area contributed by atoms with Gasteiger partial charge in [-0.1, -0.05) is 30.3 Å². The van der Waals surface area contributed by atoms with Crippen LogP contribution in [-0.4, -0.2) is 22.8 Å². The molecule has 97 valence electrons. The average molecular weight is 264 g/mol. The molecule has 0 fully saturated rings. The first kappa shape index (κ1) is 12.5. The van der Waals surface area contributed by atoms with Gasteiger partial charge in [0.15, 0.2) is 5.75 Å². The standard InChI is InChI=1S/C15H11BNO3/c18-13-7-6-11(9-14(13)20-16-19)12-5-1-3-10-4-2-8-17-15(10)12/h1-9,18-19H. The molecule has 0 saturated heterocycles. The lowest BCUT2D eigenvalue weighted by Crippen LogP contribution is -2.00. The van der Waals surface area contributed by atoms with E-state index in [-0.39, 0.29) is 11.5 Å². The fraction of sp³-hybridized carbons (Fsp3) is 0. The normalized spacial score (nSPS) is 10.4. The third-order valence-electron chi connectivity index (χ3n) is 3.08. The van der Waals surface area contributed by atoms with Gasteiger partial charge < -0.3 is 14.8 Å². The van der Waals surface area contributed by atoms with Gasteiger partial charge in [0.1, 0.15) is 5.75 Å². The highest BCUT2D eigenvalue weighted by Crippen LogP contribution is 2.34. The average Bonchev–Trinajstić information content (AvgIpc) is 2.49. The first-order chi connectivity index (χ1) is 9.79. The summed E-state index contributed by atoms with van der Waals surface area (Å²) in [7, 11) is 0.542. The molecule has 3 aromatic rings. The lowest BCUT2D eigenvalue weighted by molar-refractivity contribution is 0.410. The predicted molar refractivity (Wildman–Crippen MR) is 77.4 cm³/mol. The third-order valence-corrected chi connectivity index (χ3v) is 3.08. The summed E-state index contributed by atoms with van der Waals surface area (Å²) < 4.78 is 4.87. The number of pyridine rings is 1. The van der Waals surface area contributed by atoms with Crippen molar-refractivity contribution < 1.29 is 14.8 Å². The molecule has 0 atom stereocenters. The Bertz CT molecular complexity index is 756. The second-order valence-corrected chi connectivity index (χ2v) is 4.29. The summed E-state index contributed by atoms with van der Waals surface area (Å²) >= 11 is 0. The zero-order valence-electron chi connectivity index (χ0n) is 10.5. The number of phenols is 1. The molecule has 0 bridgehead atoms. The Kier molecular flexibility index (Phi) is 3.27. The fourth-order valence-corrected chi connectivity index (χ4v) is 2.17. The summed E-state index contributed by atoms with van der Waals surface area (Å²) in [5, 5.41) is 19.4. The summed E-state index contributed by atoms with van der Waals surface area (Å²) in [5.74, 6) is 0.158. The maximum absolute atomic E-state index is 9.65. The number of phenolic OH excluding ortho intramolecular Hbond substituents is 1. The van der Waals surface area contributed by atoms with Crippen LogP contribution in [0.1, 0.15) is 0 Å². The number of aromatic nitrogens is 1. The highest BCUT2D eigenvalue weighted by atomic mass is 16.5. The molecule has 0 unspecified atom stereocenters. The molecule has 0 spiro atoms. The van der Waals surface area contributed by atoms with E-state index in [1.807, 2.05) is 30.3 Å². The van der Waals surface area contributed by atoms with Crippen molar-refractivity contribution >= 4 is 18.6 Å². The molecule has 3 rings (SSSR count). The van der Waals surface area contributed by atoms with Crippen LogP contribution < -0.4 is 4.65 Å². The van der Waals surface area contributed by atoms with E-state index in [1.165, 1.54) is 6.07 Å². The van der Waals surface area contributed by atoms with Gasteiger partial charge in [-0.15, -0.1) is 0 Å². The van der Waals surface area contributed by atoms with E-state index >= 15 is 0 Å². The molecular formula is C15H11BNO3. The van der Waals surface area contributed by atoms with Crippen molar-refractivity contribution in [2.45, 2.75) is 0 Å². The molecule has 0 aliphatic heterocycles. The second kappa shape index (κ2) is 5.23. The zero-order chi connectivity index (χ0) is 13.9. The van der Waals surface area contributed by atoms with E-state index in [0.29, 0.717) is 7.69 Å². The highest BCUT2D eigenvalue weighted by molar-refractivity contribution is 6.17. The number of rotatable bonds is 3. The predicted octanol–water partition coefficient (Wildman–Crippen LogP) is 2.51. The van der Waals surface area contributed by atoms with Crippen LogP contribution in [0.2, 0.25) is 0 Å². The molecule has 0 aliphatic carbocycles. The molecule has 1 heterocycles. The van der Waals surface area contributed by atoms with Gasteiger partial charge in [0.25, 0.3) is 0 Å². The van der Waals surface area contributed by atoms with E-state index < -0.39 is 0 Å². The van der Waals surface area contributed by atoms with E-state index in [1.54, 1.807) is 18.3 Å². The van der Waals surface area contributed by atoms with Crippen LogP contribution in [0.25, 0.3) is 22.0 Å². The number of benzene rings is 2. The maximum atomic E-state index is 9.65. The molecule has 2 N–H and O–H groups in total. The summed E-state index contributed by atoms with van der Waals surface area (Å²) in [6, 6.07) is 14.7.